The Labute approximate surface area is 167 Å². The average molecular weight is 435 g/mol. The predicted octanol–water partition coefficient (Wildman–Crippen LogP) is 1.03. The molecule has 1 aliphatic heterocycles. The molecule has 1 heterocycles. The topological polar surface area (TPSA) is 103 Å². The summed E-state index contributed by atoms with van der Waals surface area (Å²) in [6.07, 6.45) is 0.449. The number of nitrogens with one attached hydrogen (secondary N) is 3. The molecule has 1 aliphatic rings. The fraction of sp³-hybridized carbons (Fsp3) is 0.529. The summed E-state index contributed by atoms with van der Waals surface area (Å²) < 4.78 is 61.3. The van der Waals surface area contributed by atoms with Crippen molar-refractivity contribution in [2.75, 3.05) is 27.2 Å². The molecule has 1 amide bonds. The zero-order valence-corrected chi connectivity index (χ0v) is 16.9. The zero-order valence-electron chi connectivity index (χ0n) is 16.1. The molecule has 12 heteroatoms. The number of carbonyl (C=O) groups is 1. The lowest BCUT2D eigenvalue weighted by Gasteiger charge is -2.32. The van der Waals surface area contributed by atoms with E-state index in [4.69, 9.17) is 0 Å². The van der Waals surface area contributed by atoms with Gasteiger partial charge in [-0.2, -0.15) is 17.5 Å². The molecule has 29 heavy (non-hydrogen) atoms. The van der Waals surface area contributed by atoms with Crippen LogP contribution in [0.1, 0.15) is 28.8 Å². The summed E-state index contributed by atoms with van der Waals surface area (Å²) in [5, 5.41) is 8.72. The van der Waals surface area contributed by atoms with Gasteiger partial charge < -0.3 is 16.0 Å². The number of hydrogen-bond donors (Lipinski definition) is 3. The number of sulfonamides is 1. The van der Waals surface area contributed by atoms with Gasteiger partial charge in [0.05, 0.1) is 0 Å². The van der Waals surface area contributed by atoms with Crippen LogP contribution in [0, 0.1) is 0 Å². The van der Waals surface area contributed by atoms with E-state index in [9.17, 15) is 26.4 Å². The van der Waals surface area contributed by atoms with Crippen LogP contribution in [0.3, 0.4) is 0 Å². The van der Waals surface area contributed by atoms with Crippen LogP contribution in [0.2, 0.25) is 0 Å². The molecule has 0 radical (unpaired) electrons. The molecule has 1 fully saturated rings. The first-order valence-corrected chi connectivity index (χ1v) is 10.4. The van der Waals surface area contributed by atoms with Crippen LogP contribution in [-0.4, -0.2) is 63.3 Å². The van der Waals surface area contributed by atoms with Gasteiger partial charge in [0, 0.05) is 45.3 Å². The van der Waals surface area contributed by atoms with Gasteiger partial charge in [-0.05, 0) is 30.5 Å². The summed E-state index contributed by atoms with van der Waals surface area (Å²) in [5.41, 5.74) is -3.92. The number of guanidine groups is 1. The molecule has 0 aliphatic carbocycles. The molecule has 0 aromatic heterocycles. The molecule has 2 rings (SSSR count). The Morgan fingerprint density at radius 3 is 2.48 bits per heavy atom. The van der Waals surface area contributed by atoms with Crippen molar-refractivity contribution in [2.45, 2.75) is 30.9 Å². The fourth-order valence-electron chi connectivity index (χ4n) is 2.93. The first-order chi connectivity index (χ1) is 13.6. The minimum atomic E-state index is -5.29. The lowest BCUT2D eigenvalue weighted by molar-refractivity contribution is -0.0494. The minimum Gasteiger partial charge on any atom is -0.355 e. The number of halogens is 3. The number of aliphatic imine (C=N–C) groups is 1. The van der Waals surface area contributed by atoms with Gasteiger partial charge in [0.15, 0.2) is 5.96 Å². The maximum absolute atomic E-state index is 12.6. The van der Waals surface area contributed by atoms with E-state index in [2.05, 4.69) is 20.9 Å². The Hall–Kier alpha value is -2.34. The first kappa shape index (κ1) is 22.9. The molecule has 0 spiro atoms. The highest BCUT2D eigenvalue weighted by atomic mass is 32.2. The van der Waals surface area contributed by atoms with Crippen molar-refractivity contribution in [3.05, 3.63) is 35.4 Å². The van der Waals surface area contributed by atoms with Crippen LogP contribution < -0.4 is 16.0 Å². The van der Waals surface area contributed by atoms with E-state index in [1.807, 2.05) is 6.07 Å². The second-order valence-corrected chi connectivity index (χ2v) is 8.40. The number of carbonyl (C=O) groups excluding carboxylic acids is 1. The molecule has 0 saturated carbocycles. The van der Waals surface area contributed by atoms with Crippen LogP contribution in [-0.2, 0) is 16.6 Å². The zero-order chi connectivity index (χ0) is 21.7. The van der Waals surface area contributed by atoms with Gasteiger partial charge in [-0.1, -0.05) is 12.1 Å². The van der Waals surface area contributed by atoms with Crippen LogP contribution >= 0.6 is 0 Å². The summed E-state index contributed by atoms with van der Waals surface area (Å²) in [7, 11) is -2.19. The second-order valence-electron chi connectivity index (χ2n) is 6.47. The molecule has 1 aromatic carbocycles. The Morgan fingerprint density at radius 1 is 1.28 bits per heavy atom. The molecule has 1 aromatic rings. The number of amides is 1. The summed E-state index contributed by atoms with van der Waals surface area (Å²) in [6, 6.07) is 6.82. The lowest BCUT2D eigenvalue weighted by atomic mass is 10.1. The Bertz CT molecular complexity index is 850. The summed E-state index contributed by atoms with van der Waals surface area (Å²) in [4.78, 5) is 15.8. The maximum Gasteiger partial charge on any atom is 0.511 e. The number of rotatable bonds is 5. The molecular weight excluding hydrogens is 411 g/mol. The number of alkyl halides is 3. The quantitative estimate of drug-likeness (QED) is 0.474. The van der Waals surface area contributed by atoms with Crippen molar-refractivity contribution in [1.82, 2.24) is 20.3 Å². The molecule has 3 N–H and O–H groups in total. The fourth-order valence-corrected chi connectivity index (χ4v) is 3.91. The lowest BCUT2D eigenvalue weighted by Crippen LogP contribution is -2.51. The Morgan fingerprint density at radius 2 is 1.93 bits per heavy atom. The third kappa shape index (κ3) is 5.82. The molecule has 162 valence electrons. The van der Waals surface area contributed by atoms with Gasteiger partial charge in [0.25, 0.3) is 5.91 Å². The van der Waals surface area contributed by atoms with Crippen molar-refractivity contribution in [1.29, 1.82) is 0 Å². The van der Waals surface area contributed by atoms with Crippen LogP contribution in [0.5, 0.6) is 0 Å². The molecular formula is C17H24F3N5O3S. The molecule has 1 saturated heterocycles. The highest BCUT2D eigenvalue weighted by molar-refractivity contribution is 7.90. The number of benzene rings is 1. The maximum atomic E-state index is 12.6. The minimum absolute atomic E-state index is 0.199. The third-order valence-corrected chi connectivity index (χ3v) is 6.16. The number of hydrogen-bond acceptors (Lipinski definition) is 4. The highest BCUT2D eigenvalue weighted by Gasteiger charge is 2.50. The monoisotopic (exact) mass is 435 g/mol. The standard InChI is InChI=1S/C17H24F3N5O3S/c1-21-15(26)13-5-3-4-12(10-13)11-23-16(22-2)24-14-6-8-25(9-7-14)29(27,28)17(18,19)20/h3-5,10,14H,6-9,11H2,1-2H3,(H,21,26)(H2,22,23,24). The predicted molar refractivity (Wildman–Crippen MR) is 103 cm³/mol. The van der Waals surface area contributed by atoms with Crippen molar-refractivity contribution < 1.29 is 26.4 Å². The van der Waals surface area contributed by atoms with Gasteiger partial charge >= 0.3 is 15.5 Å². The number of nitrogens with zero attached hydrogens (tertiary/aromatic N) is 2. The molecule has 8 nitrogen and oxygen atoms in total. The average Bonchev–Trinajstić information content (AvgIpc) is 2.70. The normalized spacial score (nSPS) is 17.1. The van der Waals surface area contributed by atoms with Crippen molar-refractivity contribution >= 4 is 21.9 Å². The molecule has 0 unspecified atom stereocenters. The second kappa shape index (κ2) is 9.44. The highest BCUT2D eigenvalue weighted by Crippen LogP contribution is 2.28. The largest absolute Gasteiger partial charge is 0.511 e. The van der Waals surface area contributed by atoms with E-state index in [1.165, 1.54) is 0 Å². The van der Waals surface area contributed by atoms with Gasteiger partial charge in [-0.25, -0.2) is 8.42 Å². The van der Waals surface area contributed by atoms with Gasteiger partial charge in [-0.15, -0.1) is 0 Å². The molecule has 0 atom stereocenters. The van der Waals surface area contributed by atoms with E-state index in [0.29, 0.717) is 22.4 Å². The van der Waals surface area contributed by atoms with E-state index in [0.717, 1.165) is 5.56 Å². The smallest absolute Gasteiger partial charge is 0.355 e. The third-order valence-electron chi connectivity index (χ3n) is 4.53. The Balaban J connectivity index is 1.88. The SMILES string of the molecule is CN=C(NCc1cccc(C(=O)NC)c1)NC1CCN(S(=O)(=O)C(F)(F)F)CC1. The summed E-state index contributed by atoms with van der Waals surface area (Å²) >= 11 is 0. The van der Waals surface area contributed by atoms with Crippen LogP contribution in [0.25, 0.3) is 0 Å². The van der Waals surface area contributed by atoms with Crippen molar-refractivity contribution in [3.63, 3.8) is 0 Å². The van der Waals surface area contributed by atoms with Gasteiger partial charge in [0.1, 0.15) is 0 Å². The van der Waals surface area contributed by atoms with E-state index in [1.54, 1.807) is 32.3 Å². The summed E-state index contributed by atoms with van der Waals surface area (Å²) in [6.45, 7) is -0.0544. The van der Waals surface area contributed by atoms with Gasteiger partial charge in [-0.3, -0.25) is 9.79 Å². The van der Waals surface area contributed by atoms with Crippen LogP contribution in [0.4, 0.5) is 13.2 Å². The van der Waals surface area contributed by atoms with E-state index < -0.39 is 15.5 Å². The summed E-state index contributed by atoms with van der Waals surface area (Å²) in [5.74, 6) is 0.238. The van der Waals surface area contributed by atoms with Crippen LogP contribution in [0.15, 0.2) is 29.3 Å². The molecule has 0 bridgehead atoms. The van der Waals surface area contributed by atoms with E-state index in [-0.39, 0.29) is 37.9 Å². The van der Waals surface area contributed by atoms with Gasteiger partial charge in [0.2, 0.25) is 0 Å². The first-order valence-electron chi connectivity index (χ1n) is 8.93. The Kier molecular flexibility index (Phi) is 7.47. The number of piperidine rings is 1. The van der Waals surface area contributed by atoms with Crippen molar-refractivity contribution in [2.24, 2.45) is 4.99 Å². The van der Waals surface area contributed by atoms with Crippen molar-refractivity contribution in [3.8, 4) is 0 Å². The van der Waals surface area contributed by atoms with E-state index >= 15 is 0 Å².